The second-order valence-corrected chi connectivity index (χ2v) is 13.6. The summed E-state index contributed by atoms with van der Waals surface area (Å²) >= 11 is 0. The molecule has 0 unspecified atom stereocenters. The molecule has 0 saturated heterocycles. The van der Waals surface area contributed by atoms with Crippen LogP contribution in [0.2, 0.25) is 19.6 Å². The van der Waals surface area contributed by atoms with Gasteiger partial charge in [0.05, 0.1) is 13.8 Å². The minimum absolute atomic E-state index is 0.953. The molecule has 0 aliphatic rings. The lowest BCUT2D eigenvalue weighted by molar-refractivity contribution is 1.18. The van der Waals surface area contributed by atoms with E-state index in [-0.39, 0.29) is 0 Å². The van der Waals surface area contributed by atoms with Crippen LogP contribution in [0.25, 0.3) is 22.4 Å². The molecule has 0 N–H and O–H groups in total. The maximum absolute atomic E-state index is 4.89. The van der Waals surface area contributed by atoms with E-state index in [1.165, 1.54) is 33.0 Å². The Morgan fingerprint density at radius 1 is 0.655 bits per heavy atom. The molecular formula is C27H27NSi. The lowest BCUT2D eigenvalue weighted by Crippen LogP contribution is -2.40. The molecule has 1 heterocycles. The highest BCUT2D eigenvalue weighted by Crippen LogP contribution is 2.26. The zero-order valence-corrected chi connectivity index (χ0v) is 18.4. The minimum Gasteiger partial charge on any atom is -0.256 e. The van der Waals surface area contributed by atoms with Crippen LogP contribution in [0, 0.1) is 0 Å². The fraction of sp³-hybridized carbons (Fsp3) is 0.148. The Morgan fingerprint density at radius 3 is 1.97 bits per heavy atom. The molecule has 0 bridgehead atoms. The van der Waals surface area contributed by atoms with Gasteiger partial charge < -0.3 is 0 Å². The molecule has 4 aromatic rings. The summed E-state index contributed by atoms with van der Waals surface area (Å²) in [6.45, 7) is 7.19. The molecule has 0 aliphatic carbocycles. The van der Waals surface area contributed by atoms with Crippen molar-refractivity contribution in [2.24, 2.45) is 0 Å². The van der Waals surface area contributed by atoms with Gasteiger partial charge in [-0.25, -0.2) is 0 Å². The molecule has 0 radical (unpaired) electrons. The van der Waals surface area contributed by atoms with Gasteiger partial charge in [-0.15, -0.1) is 0 Å². The van der Waals surface area contributed by atoms with Crippen LogP contribution < -0.4 is 5.19 Å². The third kappa shape index (κ3) is 4.55. The fourth-order valence-electron chi connectivity index (χ4n) is 3.78. The smallest absolute Gasteiger partial charge is 0.0799 e. The van der Waals surface area contributed by atoms with E-state index < -0.39 is 8.07 Å². The van der Waals surface area contributed by atoms with Crippen molar-refractivity contribution in [1.82, 2.24) is 4.98 Å². The van der Waals surface area contributed by atoms with Crippen molar-refractivity contribution < 1.29 is 0 Å². The Morgan fingerprint density at radius 2 is 1.28 bits per heavy atom. The molecule has 29 heavy (non-hydrogen) atoms. The van der Waals surface area contributed by atoms with Crippen LogP contribution in [0.1, 0.15) is 11.1 Å². The average molecular weight is 394 g/mol. The lowest BCUT2D eigenvalue weighted by Gasteiger charge is -2.21. The Labute approximate surface area is 175 Å². The number of pyridine rings is 1. The van der Waals surface area contributed by atoms with Crippen molar-refractivity contribution in [2.75, 3.05) is 0 Å². The second kappa shape index (κ2) is 8.18. The average Bonchev–Trinajstić information content (AvgIpc) is 2.74. The van der Waals surface area contributed by atoms with E-state index in [0.717, 1.165) is 12.1 Å². The van der Waals surface area contributed by atoms with Crippen molar-refractivity contribution in [3.63, 3.8) is 0 Å². The quantitative estimate of drug-likeness (QED) is 0.350. The molecule has 3 aromatic carbocycles. The highest BCUT2D eigenvalue weighted by atomic mass is 28.3. The zero-order valence-electron chi connectivity index (χ0n) is 17.4. The molecule has 0 fully saturated rings. The normalized spacial score (nSPS) is 11.4. The van der Waals surface area contributed by atoms with E-state index in [4.69, 9.17) is 4.98 Å². The van der Waals surface area contributed by atoms with Gasteiger partial charge in [0.2, 0.25) is 0 Å². The topological polar surface area (TPSA) is 12.9 Å². The van der Waals surface area contributed by atoms with Crippen molar-refractivity contribution in [3.8, 4) is 22.4 Å². The predicted molar refractivity (Wildman–Crippen MR) is 127 cm³/mol. The number of nitrogens with zero attached hydrogens (tertiary/aromatic N) is 1. The van der Waals surface area contributed by atoms with E-state index in [2.05, 4.69) is 117 Å². The Kier molecular flexibility index (Phi) is 5.46. The zero-order chi connectivity index (χ0) is 20.3. The molecular weight excluding hydrogens is 366 g/mol. The van der Waals surface area contributed by atoms with Crippen molar-refractivity contribution in [3.05, 3.63) is 108 Å². The van der Waals surface area contributed by atoms with E-state index in [9.17, 15) is 0 Å². The molecule has 0 saturated carbocycles. The molecule has 1 nitrogen and oxygen atoms in total. The van der Waals surface area contributed by atoms with Gasteiger partial charge >= 0.3 is 0 Å². The highest BCUT2D eigenvalue weighted by Gasteiger charge is 2.21. The third-order valence-corrected chi connectivity index (χ3v) is 7.37. The van der Waals surface area contributed by atoms with E-state index >= 15 is 0 Å². The first kappa shape index (κ1) is 19.3. The molecule has 0 aliphatic heterocycles. The molecule has 4 rings (SSSR count). The third-order valence-electron chi connectivity index (χ3n) is 5.30. The summed E-state index contributed by atoms with van der Waals surface area (Å²) in [7, 11) is -1.48. The van der Waals surface area contributed by atoms with Gasteiger partial charge in [-0.1, -0.05) is 98.5 Å². The van der Waals surface area contributed by atoms with Crippen LogP contribution in [0.3, 0.4) is 0 Å². The van der Waals surface area contributed by atoms with Gasteiger partial charge in [-0.3, -0.25) is 4.98 Å². The van der Waals surface area contributed by atoms with E-state index in [0.29, 0.717) is 0 Å². The lowest BCUT2D eigenvalue weighted by atomic mass is 9.99. The largest absolute Gasteiger partial charge is 0.256 e. The number of hydrogen-bond donors (Lipinski definition) is 0. The van der Waals surface area contributed by atoms with Gasteiger partial charge in [-0.2, -0.15) is 0 Å². The predicted octanol–water partition coefficient (Wildman–Crippen LogP) is 6.55. The number of benzene rings is 3. The first-order valence-electron chi connectivity index (χ1n) is 10.2. The number of rotatable bonds is 5. The highest BCUT2D eigenvalue weighted by molar-refractivity contribution is 6.89. The standard InChI is InChI=1S/C27H27NSi/c1-29(2,3)27-20-28-26(19-25(27)17-21-11-6-4-7-12-21)24-16-10-15-23(18-24)22-13-8-5-9-14-22/h4-16,18-20H,17H2,1-3H3. The van der Waals surface area contributed by atoms with Crippen molar-refractivity contribution >= 4 is 13.3 Å². The van der Waals surface area contributed by atoms with E-state index in [1.54, 1.807) is 0 Å². The Balaban J connectivity index is 1.76. The SMILES string of the molecule is C[Si](C)(C)c1cnc(-c2cccc(-c3ccccc3)c2)cc1Cc1ccccc1. The maximum atomic E-state index is 4.89. The summed E-state index contributed by atoms with van der Waals surface area (Å²) in [4.78, 5) is 4.89. The molecule has 2 heteroatoms. The Hall–Kier alpha value is -2.97. The van der Waals surface area contributed by atoms with Crippen LogP contribution in [-0.2, 0) is 6.42 Å². The Bertz CT molecular complexity index is 1100. The van der Waals surface area contributed by atoms with Crippen LogP contribution in [0.4, 0.5) is 0 Å². The van der Waals surface area contributed by atoms with Crippen LogP contribution in [-0.4, -0.2) is 13.1 Å². The minimum atomic E-state index is -1.48. The first-order valence-corrected chi connectivity index (χ1v) is 13.7. The maximum Gasteiger partial charge on any atom is 0.0799 e. The molecule has 144 valence electrons. The number of hydrogen-bond acceptors (Lipinski definition) is 1. The summed E-state index contributed by atoms with van der Waals surface area (Å²) in [6.07, 6.45) is 3.09. The summed E-state index contributed by atoms with van der Waals surface area (Å²) < 4.78 is 0. The molecule has 0 atom stereocenters. The van der Waals surface area contributed by atoms with Gasteiger partial charge in [0, 0.05) is 11.8 Å². The van der Waals surface area contributed by atoms with Gasteiger partial charge in [0.25, 0.3) is 0 Å². The second-order valence-electron chi connectivity index (χ2n) is 8.59. The molecule has 1 aromatic heterocycles. The first-order chi connectivity index (χ1) is 14.0. The van der Waals surface area contributed by atoms with Crippen LogP contribution >= 0.6 is 0 Å². The molecule has 0 amide bonds. The monoisotopic (exact) mass is 393 g/mol. The van der Waals surface area contributed by atoms with Crippen LogP contribution in [0.15, 0.2) is 97.2 Å². The van der Waals surface area contributed by atoms with Gasteiger partial charge in [0.15, 0.2) is 0 Å². The van der Waals surface area contributed by atoms with Crippen LogP contribution in [0.5, 0.6) is 0 Å². The fourth-order valence-corrected chi connectivity index (χ4v) is 5.36. The molecule has 0 spiro atoms. The number of aromatic nitrogens is 1. The van der Waals surface area contributed by atoms with Crippen molar-refractivity contribution in [1.29, 1.82) is 0 Å². The summed E-state index contributed by atoms with van der Waals surface area (Å²) in [6, 6.07) is 32.3. The van der Waals surface area contributed by atoms with Crippen molar-refractivity contribution in [2.45, 2.75) is 26.1 Å². The van der Waals surface area contributed by atoms with Gasteiger partial charge in [-0.05, 0) is 46.0 Å². The summed E-state index contributed by atoms with van der Waals surface area (Å²) in [5.74, 6) is 0. The van der Waals surface area contributed by atoms with Gasteiger partial charge in [0.1, 0.15) is 0 Å². The van der Waals surface area contributed by atoms with E-state index in [1.807, 2.05) is 0 Å². The summed E-state index contributed by atoms with van der Waals surface area (Å²) in [5, 5.41) is 1.45. The summed E-state index contributed by atoms with van der Waals surface area (Å²) in [5.41, 5.74) is 7.44.